The molecule has 0 radical (unpaired) electrons. The Bertz CT molecular complexity index is 414. The molecule has 1 saturated carbocycles. The number of thiophene rings is 1. The molecule has 1 heterocycles. The number of nitrogens with one attached hydrogen (secondary N) is 1. The third-order valence-electron chi connectivity index (χ3n) is 3.76. The van der Waals surface area contributed by atoms with Gasteiger partial charge in [0, 0.05) is 29.3 Å². The van der Waals surface area contributed by atoms with Gasteiger partial charge in [0.15, 0.2) is 5.96 Å². The quantitative estimate of drug-likeness (QED) is 0.570. The van der Waals surface area contributed by atoms with E-state index in [-0.39, 0.29) is 17.6 Å². The van der Waals surface area contributed by atoms with Crippen LogP contribution in [0.25, 0.3) is 0 Å². The van der Waals surface area contributed by atoms with Crippen molar-refractivity contribution in [1.29, 1.82) is 0 Å². The Balaban J connectivity index is 1.76. The maximum atomic E-state index is 9.64. The minimum absolute atomic E-state index is 0.117. The molecule has 2 rings (SSSR count). The first-order valence-corrected chi connectivity index (χ1v) is 7.15. The Hall–Kier alpha value is -1.07. The highest BCUT2D eigenvalue weighted by atomic mass is 32.1. The summed E-state index contributed by atoms with van der Waals surface area (Å²) >= 11 is 1.74. The molecule has 0 amide bonds. The van der Waals surface area contributed by atoms with Gasteiger partial charge in [0.05, 0.1) is 6.10 Å². The second kappa shape index (κ2) is 5.28. The van der Waals surface area contributed by atoms with Crippen molar-refractivity contribution in [3.63, 3.8) is 0 Å². The first-order chi connectivity index (χ1) is 8.50. The SMILES string of the molecule is CC1(C)C(O)CC1NC(N)=NCCc1cccs1. The smallest absolute Gasteiger partial charge is 0.188 e. The molecular formula is C13H21N3OS. The van der Waals surface area contributed by atoms with Gasteiger partial charge < -0.3 is 16.2 Å². The summed E-state index contributed by atoms with van der Waals surface area (Å²) in [6, 6.07) is 4.37. The minimum atomic E-state index is -0.242. The standard InChI is InChI=1S/C13H21N3OS/c1-13(2)10(8-11(13)17)16-12(14)15-6-5-9-4-3-7-18-9/h3-4,7,10-11,17H,5-6,8H2,1-2H3,(H3,14,15,16). The van der Waals surface area contributed by atoms with Crippen LogP contribution < -0.4 is 11.1 Å². The maximum Gasteiger partial charge on any atom is 0.188 e. The molecule has 1 aromatic rings. The lowest BCUT2D eigenvalue weighted by Gasteiger charge is -2.49. The Morgan fingerprint density at radius 1 is 1.67 bits per heavy atom. The number of aliphatic imine (C=N–C) groups is 1. The summed E-state index contributed by atoms with van der Waals surface area (Å²) in [6.07, 6.45) is 1.43. The van der Waals surface area contributed by atoms with E-state index >= 15 is 0 Å². The molecule has 1 aliphatic carbocycles. The van der Waals surface area contributed by atoms with Crippen LogP contribution in [0.3, 0.4) is 0 Å². The molecule has 1 fully saturated rings. The van der Waals surface area contributed by atoms with Crippen LogP contribution in [0.1, 0.15) is 25.1 Å². The molecule has 2 atom stereocenters. The predicted octanol–water partition coefficient (Wildman–Crippen LogP) is 1.35. The minimum Gasteiger partial charge on any atom is -0.392 e. The number of hydrogen-bond donors (Lipinski definition) is 3. The van der Waals surface area contributed by atoms with Crippen LogP contribution in [0.2, 0.25) is 0 Å². The zero-order chi connectivity index (χ0) is 13.2. The van der Waals surface area contributed by atoms with E-state index in [0.717, 1.165) is 12.8 Å². The van der Waals surface area contributed by atoms with Gasteiger partial charge in [-0.05, 0) is 17.9 Å². The fraction of sp³-hybridized carbons (Fsp3) is 0.615. The molecular weight excluding hydrogens is 246 g/mol. The van der Waals surface area contributed by atoms with E-state index in [9.17, 15) is 5.11 Å². The lowest BCUT2D eigenvalue weighted by Crippen LogP contribution is -2.62. The fourth-order valence-electron chi connectivity index (χ4n) is 2.11. The highest BCUT2D eigenvalue weighted by Crippen LogP contribution is 2.40. The molecule has 0 aromatic carbocycles. The van der Waals surface area contributed by atoms with Crippen molar-refractivity contribution in [2.75, 3.05) is 6.54 Å². The molecule has 18 heavy (non-hydrogen) atoms. The summed E-state index contributed by atoms with van der Waals surface area (Å²) in [4.78, 5) is 5.64. The molecule has 0 spiro atoms. The fourth-order valence-corrected chi connectivity index (χ4v) is 2.81. The molecule has 100 valence electrons. The summed E-state index contributed by atoms with van der Waals surface area (Å²) in [5, 5.41) is 14.9. The van der Waals surface area contributed by atoms with Crippen LogP contribution in [-0.4, -0.2) is 29.8 Å². The molecule has 1 aliphatic rings. The van der Waals surface area contributed by atoms with E-state index in [1.807, 2.05) is 19.9 Å². The van der Waals surface area contributed by atoms with Gasteiger partial charge in [-0.3, -0.25) is 4.99 Å². The number of aliphatic hydroxyl groups is 1. The van der Waals surface area contributed by atoms with Crippen LogP contribution in [0.5, 0.6) is 0 Å². The van der Waals surface area contributed by atoms with Crippen molar-refractivity contribution in [3.8, 4) is 0 Å². The number of aliphatic hydroxyl groups excluding tert-OH is 1. The van der Waals surface area contributed by atoms with Crippen molar-refractivity contribution in [3.05, 3.63) is 22.4 Å². The van der Waals surface area contributed by atoms with Gasteiger partial charge in [-0.25, -0.2) is 0 Å². The van der Waals surface area contributed by atoms with Crippen molar-refractivity contribution in [2.45, 2.75) is 38.8 Å². The van der Waals surface area contributed by atoms with Crippen molar-refractivity contribution >= 4 is 17.3 Å². The van der Waals surface area contributed by atoms with Gasteiger partial charge in [0.25, 0.3) is 0 Å². The third-order valence-corrected chi connectivity index (χ3v) is 4.69. The number of nitrogens with zero attached hydrogens (tertiary/aromatic N) is 1. The zero-order valence-corrected chi connectivity index (χ0v) is 11.7. The van der Waals surface area contributed by atoms with Gasteiger partial charge >= 0.3 is 0 Å². The molecule has 4 N–H and O–H groups in total. The summed E-state index contributed by atoms with van der Waals surface area (Å²) in [7, 11) is 0. The van der Waals surface area contributed by atoms with Crippen LogP contribution in [0.4, 0.5) is 0 Å². The van der Waals surface area contributed by atoms with E-state index in [1.54, 1.807) is 11.3 Å². The summed E-state index contributed by atoms with van der Waals surface area (Å²) in [5.41, 5.74) is 5.73. The van der Waals surface area contributed by atoms with E-state index in [1.165, 1.54) is 4.88 Å². The third kappa shape index (κ3) is 2.84. The average molecular weight is 267 g/mol. The molecule has 2 unspecified atom stereocenters. The monoisotopic (exact) mass is 267 g/mol. The second-order valence-electron chi connectivity index (χ2n) is 5.37. The van der Waals surface area contributed by atoms with Gasteiger partial charge in [-0.1, -0.05) is 19.9 Å². The first-order valence-electron chi connectivity index (χ1n) is 6.27. The Kier molecular flexibility index (Phi) is 3.92. The predicted molar refractivity (Wildman–Crippen MR) is 75.8 cm³/mol. The molecule has 1 aromatic heterocycles. The lowest BCUT2D eigenvalue weighted by atomic mass is 9.65. The molecule has 0 aliphatic heterocycles. The normalized spacial score (nSPS) is 26.7. The lowest BCUT2D eigenvalue weighted by molar-refractivity contribution is -0.0660. The topological polar surface area (TPSA) is 70.6 Å². The van der Waals surface area contributed by atoms with Gasteiger partial charge in [0.1, 0.15) is 0 Å². The average Bonchev–Trinajstić information content (AvgIpc) is 2.82. The van der Waals surface area contributed by atoms with E-state index in [2.05, 4.69) is 21.8 Å². The molecule has 4 nitrogen and oxygen atoms in total. The van der Waals surface area contributed by atoms with Crippen molar-refractivity contribution in [1.82, 2.24) is 5.32 Å². The number of guanidine groups is 1. The Labute approximate surface area is 112 Å². The van der Waals surface area contributed by atoms with E-state index < -0.39 is 0 Å². The highest BCUT2D eigenvalue weighted by molar-refractivity contribution is 7.09. The van der Waals surface area contributed by atoms with Crippen molar-refractivity contribution in [2.24, 2.45) is 16.1 Å². The van der Waals surface area contributed by atoms with Crippen LogP contribution in [-0.2, 0) is 6.42 Å². The maximum absolute atomic E-state index is 9.64. The van der Waals surface area contributed by atoms with Gasteiger partial charge in [0.2, 0.25) is 0 Å². The van der Waals surface area contributed by atoms with E-state index in [4.69, 9.17) is 5.73 Å². The Morgan fingerprint density at radius 2 is 2.44 bits per heavy atom. The summed E-state index contributed by atoms with van der Waals surface area (Å²) in [6.45, 7) is 4.78. The zero-order valence-electron chi connectivity index (χ0n) is 10.9. The summed E-state index contributed by atoms with van der Waals surface area (Å²) in [5.74, 6) is 0.483. The molecule has 0 saturated heterocycles. The number of hydrogen-bond acceptors (Lipinski definition) is 3. The van der Waals surface area contributed by atoms with Gasteiger partial charge in [-0.2, -0.15) is 0 Å². The largest absolute Gasteiger partial charge is 0.392 e. The first kappa shape index (κ1) is 13.4. The number of rotatable bonds is 4. The number of nitrogens with two attached hydrogens (primary N) is 1. The molecule has 5 heteroatoms. The van der Waals surface area contributed by atoms with E-state index in [0.29, 0.717) is 12.5 Å². The van der Waals surface area contributed by atoms with Crippen LogP contribution >= 0.6 is 11.3 Å². The highest BCUT2D eigenvalue weighted by Gasteiger charge is 2.47. The van der Waals surface area contributed by atoms with Crippen LogP contribution in [0.15, 0.2) is 22.5 Å². The second-order valence-corrected chi connectivity index (χ2v) is 6.40. The van der Waals surface area contributed by atoms with Crippen molar-refractivity contribution < 1.29 is 5.11 Å². The Morgan fingerprint density at radius 3 is 3.00 bits per heavy atom. The van der Waals surface area contributed by atoms with Crippen LogP contribution in [0, 0.1) is 5.41 Å². The molecule has 0 bridgehead atoms. The van der Waals surface area contributed by atoms with Gasteiger partial charge in [-0.15, -0.1) is 11.3 Å². The summed E-state index contributed by atoms with van der Waals surface area (Å²) < 4.78 is 0.